The van der Waals surface area contributed by atoms with Gasteiger partial charge in [-0.2, -0.15) is 10.2 Å². The molecule has 0 saturated heterocycles. The van der Waals surface area contributed by atoms with E-state index < -0.39 is 0 Å². The van der Waals surface area contributed by atoms with Gasteiger partial charge in [0.15, 0.2) is 0 Å². The van der Waals surface area contributed by atoms with E-state index in [1.54, 1.807) is 0 Å². The van der Waals surface area contributed by atoms with Crippen molar-refractivity contribution in [3.8, 4) is 0 Å². The number of hydrogen-bond donors (Lipinski definition) is 0. The van der Waals surface area contributed by atoms with E-state index in [-0.39, 0.29) is 0 Å². The molecule has 2 aromatic rings. The van der Waals surface area contributed by atoms with Crippen LogP contribution in [0.1, 0.15) is 22.3 Å². The first kappa shape index (κ1) is 11.6. The average molecular weight is 260 g/mol. The Morgan fingerprint density at radius 2 is 0.800 bits per heavy atom. The highest BCUT2D eigenvalue weighted by atomic mass is 15.2. The Morgan fingerprint density at radius 1 is 0.500 bits per heavy atom. The smallest absolute Gasteiger partial charge is 0.0493 e. The number of rotatable bonds is 1. The standard InChI is InChI=1S/C18H16N2/c1-2-6-14-10-17(9-13(14)5-1)19-20-18-11-15-7-3-4-8-16(15)12-18/h1-8H,9-12H2. The maximum absolute atomic E-state index is 4.51. The zero-order chi connectivity index (χ0) is 13.4. The van der Waals surface area contributed by atoms with Crippen LogP contribution in [-0.2, 0) is 25.7 Å². The lowest BCUT2D eigenvalue weighted by Gasteiger charge is -1.93. The van der Waals surface area contributed by atoms with Crippen molar-refractivity contribution in [2.24, 2.45) is 10.2 Å². The lowest BCUT2D eigenvalue weighted by molar-refractivity contribution is 1.15. The summed E-state index contributed by atoms with van der Waals surface area (Å²) in [6, 6.07) is 17.2. The van der Waals surface area contributed by atoms with Crippen molar-refractivity contribution in [2.45, 2.75) is 25.7 Å². The quantitative estimate of drug-likeness (QED) is 0.702. The van der Waals surface area contributed by atoms with E-state index >= 15 is 0 Å². The van der Waals surface area contributed by atoms with Crippen LogP contribution in [-0.4, -0.2) is 11.4 Å². The predicted octanol–water partition coefficient (Wildman–Crippen LogP) is 3.38. The Bertz CT molecular complexity index is 608. The molecule has 0 bridgehead atoms. The van der Waals surface area contributed by atoms with E-state index in [0.717, 1.165) is 25.7 Å². The summed E-state index contributed by atoms with van der Waals surface area (Å²) >= 11 is 0. The van der Waals surface area contributed by atoms with Crippen molar-refractivity contribution >= 4 is 11.4 Å². The molecule has 2 aliphatic rings. The van der Waals surface area contributed by atoms with Gasteiger partial charge in [0.05, 0.1) is 0 Å². The van der Waals surface area contributed by atoms with Crippen LogP contribution in [0.3, 0.4) is 0 Å². The van der Waals surface area contributed by atoms with E-state index in [1.165, 1.54) is 33.7 Å². The highest BCUT2D eigenvalue weighted by molar-refractivity contribution is 5.95. The van der Waals surface area contributed by atoms with Crippen LogP contribution in [0.15, 0.2) is 58.7 Å². The Morgan fingerprint density at radius 3 is 1.10 bits per heavy atom. The van der Waals surface area contributed by atoms with Gasteiger partial charge < -0.3 is 0 Å². The first-order valence-corrected chi connectivity index (χ1v) is 7.13. The molecule has 0 saturated carbocycles. The fourth-order valence-corrected chi connectivity index (χ4v) is 3.09. The van der Waals surface area contributed by atoms with Crippen molar-refractivity contribution in [3.05, 3.63) is 70.8 Å². The first-order valence-electron chi connectivity index (χ1n) is 7.13. The fraction of sp³-hybridized carbons (Fsp3) is 0.222. The van der Waals surface area contributed by atoms with Crippen LogP contribution in [0.25, 0.3) is 0 Å². The molecule has 0 aliphatic heterocycles. The average Bonchev–Trinajstić information content (AvgIpc) is 3.07. The molecule has 0 amide bonds. The topological polar surface area (TPSA) is 24.7 Å². The molecule has 2 heteroatoms. The molecule has 0 fully saturated rings. The van der Waals surface area contributed by atoms with E-state index in [1.807, 2.05) is 0 Å². The Balaban J connectivity index is 1.53. The van der Waals surface area contributed by atoms with Crippen LogP contribution < -0.4 is 0 Å². The molecular formula is C18H16N2. The summed E-state index contributed by atoms with van der Waals surface area (Å²) in [5, 5.41) is 9.02. The van der Waals surface area contributed by atoms with Crippen LogP contribution >= 0.6 is 0 Å². The van der Waals surface area contributed by atoms with Crippen molar-refractivity contribution in [1.29, 1.82) is 0 Å². The largest absolute Gasteiger partial charge is 0.159 e. The zero-order valence-corrected chi connectivity index (χ0v) is 11.3. The lowest BCUT2D eigenvalue weighted by Crippen LogP contribution is -1.99. The monoisotopic (exact) mass is 260 g/mol. The molecule has 0 heterocycles. The summed E-state index contributed by atoms with van der Waals surface area (Å²) in [6.45, 7) is 0. The van der Waals surface area contributed by atoms with E-state index in [2.05, 4.69) is 58.7 Å². The molecule has 0 N–H and O–H groups in total. The summed E-state index contributed by atoms with van der Waals surface area (Å²) < 4.78 is 0. The Kier molecular flexibility index (Phi) is 2.73. The fourth-order valence-electron chi connectivity index (χ4n) is 3.09. The zero-order valence-electron chi connectivity index (χ0n) is 11.3. The number of fused-ring (bicyclic) bond motifs is 2. The van der Waals surface area contributed by atoms with Crippen molar-refractivity contribution in [1.82, 2.24) is 0 Å². The molecule has 98 valence electrons. The summed E-state index contributed by atoms with van der Waals surface area (Å²) in [4.78, 5) is 0. The molecule has 2 aliphatic carbocycles. The molecule has 0 atom stereocenters. The van der Waals surface area contributed by atoms with Gasteiger partial charge in [-0.3, -0.25) is 0 Å². The van der Waals surface area contributed by atoms with Crippen molar-refractivity contribution in [3.63, 3.8) is 0 Å². The predicted molar refractivity (Wildman–Crippen MR) is 82.6 cm³/mol. The van der Waals surface area contributed by atoms with Gasteiger partial charge >= 0.3 is 0 Å². The third-order valence-corrected chi connectivity index (χ3v) is 4.15. The summed E-state index contributed by atoms with van der Waals surface area (Å²) in [6.07, 6.45) is 3.83. The minimum atomic E-state index is 0.958. The van der Waals surface area contributed by atoms with Gasteiger partial charge in [-0.15, -0.1) is 0 Å². The third-order valence-electron chi connectivity index (χ3n) is 4.15. The minimum Gasteiger partial charge on any atom is -0.159 e. The second kappa shape index (κ2) is 4.71. The maximum atomic E-state index is 4.51. The molecule has 0 aromatic heterocycles. The number of nitrogens with zero attached hydrogens (tertiary/aromatic N) is 2. The van der Waals surface area contributed by atoms with Crippen molar-refractivity contribution < 1.29 is 0 Å². The molecule has 4 rings (SSSR count). The molecule has 0 unspecified atom stereocenters. The second-order valence-electron chi connectivity index (χ2n) is 5.58. The van der Waals surface area contributed by atoms with E-state index in [4.69, 9.17) is 0 Å². The molecule has 0 spiro atoms. The highest BCUT2D eigenvalue weighted by Gasteiger charge is 2.18. The van der Waals surface area contributed by atoms with Gasteiger partial charge in [-0.25, -0.2) is 0 Å². The molecular weight excluding hydrogens is 244 g/mol. The Labute approximate surface area is 118 Å². The van der Waals surface area contributed by atoms with Gasteiger partial charge in [-0.05, 0) is 22.3 Å². The van der Waals surface area contributed by atoms with Crippen LogP contribution in [0.4, 0.5) is 0 Å². The van der Waals surface area contributed by atoms with Crippen LogP contribution in [0.2, 0.25) is 0 Å². The summed E-state index contributed by atoms with van der Waals surface area (Å²) in [5.41, 5.74) is 7.99. The first-order chi connectivity index (χ1) is 9.88. The SMILES string of the molecule is c1ccc2c(c1)CC(=NN=C1Cc3ccccc3C1)C2. The van der Waals surface area contributed by atoms with Crippen LogP contribution in [0.5, 0.6) is 0 Å². The van der Waals surface area contributed by atoms with Crippen LogP contribution in [0, 0.1) is 0 Å². The van der Waals surface area contributed by atoms with Crippen molar-refractivity contribution in [2.75, 3.05) is 0 Å². The number of benzene rings is 2. The number of hydrogen-bond acceptors (Lipinski definition) is 2. The van der Waals surface area contributed by atoms with E-state index in [0.29, 0.717) is 0 Å². The van der Waals surface area contributed by atoms with Gasteiger partial charge in [0.25, 0.3) is 0 Å². The molecule has 2 nitrogen and oxygen atoms in total. The lowest BCUT2D eigenvalue weighted by atomic mass is 10.1. The van der Waals surface area contributed by atoms with Gasteiger partial charge in [0.1, 0.15) is 0 Å². The summed E-state index contributed by atoms with van der Waals surface area (Å²) in [7, 11) is 0. The third kappa shape index (κ3) is 2.07. The second-order valence-corrected chi connectivity index (χ2v) is 5.58. The van der Waals surface area contributed by atoms with Gasteiger partial charge in [0, 0.05) is 37.1 Å². The Hall–Kier alpha value is -2.22. The minimum absolute atomic E-state index is 0.958. The van der Waals surface area contributed by atoms with Gasteiger partial charge in [0.2, 0.25) is 0 Å². The van der Waals surface area contributed by atoms with Gasteiger partial charge in [-0.1, -0.05) is 48.5 Å². The molecule has 0 radical (unpaired) electrons. The molecule has 20 heavy (non-hydrogen) atoms. The highest BCUT2D eigenvalue weighted by Crippen LogP contribution is 2.22. The molecule has 2 aromatic carbocycles. The summed E-state index contributed by atoms with van der Waals surface area (Å²) in [5.74, 6) is 0. The normalized spacial score (nSPS) is 16.0. The maximum Gasteiger partial charge on any atom is 0.0493 e. The van der Waals surface area contributed by atoms with E-state index in [9.17, 15) is 0 Å².